The Bertz CT molecular complexity index is 145. The molecule has 0 aliphatic heterocycles. The van der Waals surface area contributed by atoms with E-state index in [-0.39, 0.29) is 0 Å². The molecule has 1 saturated carbocycles. The molecule has 1 atom stereocenters. The molecule has 14 heavy (non-hydrogen) atoms. The quantitative estimate of drug-likeness (QED) is 0.603. The number of alkyl halides is 1. The van der Waals surface area contributed by atoms with Crippen LogP contribution in [-0.2, 0) is 0 Å². The van der Waals surface area contributed by atoms with Crippen LogP contribution in [0.5, 0.6) is 0 Å². The van der Waals surface area contributed by atoms with E-state index in [1.807, 2.05) is 0 Å². The third-order valence-electron chi connectivity index (χ3n) is 2.98. The molecule has 0 radical (unpaired) electrons. The summed E-state index contributed by atoms with van der Waals surface area (Å²) in [7, 11) is 0. The number of hydrogen-bond donors (Lipinski definition) is 0. The predicted octanol–water partition coefficient (Wildman–Crippen LogP) is 3.67. The van der Waals surface area contributed by atoms with E-state index < -0.39 is 0 Å². The zero-order valence-corrected chi connectivity index (χ0v) is 11.2. The van der Waals surface area contributed by atoms with Crippen molar-refractivity contribution >= 4 is 15.9 Å². The van der Waals surface area contributed by atoms with E-state index in [0.717, 1.165) is 12.0 Å². The third kappa shape index (κ3) is 4.31. The van der Waals surface area contributed by atoms with Gasteiger partial charge in [-0.1, -0.05) is 36.2 Å². The number of halogens is 1. The monoisotopic (exact) mass is 261 g/mol. The molecule has 2 heteroatoms. The van der Waals surface area contributed by atoms with Crippen molar-refractivity contribution in [3.05, 3.63) is 0 Å². The van der Waals surface area contributed by atoms with Crippen molar-refractivity contribution in [3.8, 4) is 0 Å². The molecule has 1 aliphatic carbocycles. The van der Waals surface area contributed by atoms with Crippen LogP contribution < -0.4 is 0 Å². The number of hydrogen-bond acceptors (Lipinski definition) is 1. The Morgan fingerprint density at radius 3 is 2.43 bits per heavy atom. The van der Waals surface area contributed by atoms with E-state index in [0.29, 0.717) is 0 Å². The Labute approximate surface area is 97.4 Å². The molecule has 1 aliphatic rings. The summed E-state index contributed by atoms with van der Waals surface area (Å²) in [4.78, 5) is 2.71. The molecule has 1 fully saturated rings. The Kier molecular flexibility index (Phi) is 6.11. The van der Waals surface area contributed by atoms with Crippen LogP contribution in [0.25, 0.3) is 0 Å². The second-order valence-corrected chi connectivity index (χ2v) is 5.18. The molecule has 1 unspecified atom stereocenters. The normalized spacial score (nSPS) is 18.9. The Morgan fingerprint density at radius 2 is 2.00 bits per heavy atom. The molecular weight excluding hydrogens is 238 g/mol. The van der Waals surface area contributed by atoms with Gasteiger partial charge in [-0.05, 0) is 38.1 Å². The smallest absolute Gasteiger partial charge is 0.00965 e. The summed E-state index contributed by atoms with van der Waals surface area (Å²) in [6.45, 7) is 7.20. The van der Waals surface area contributed by atoms with E-state index in [2.05, 4.69) is 34.7 Å². The van der Waals surface area contributed by atoms with Crippen molar-refractivity contribution < 1.29 is 0 Å². The van der Waals surface area contributed by atoms with Gasteiger partial charge in [-0.25, -0.2) is 0 Å². The first kappa shape index (κ1) is 12.5. The van der Waals surface area contributed by atoms with Gasteiger partial charge < -0.3 is 4.90 Å². The van der Waals surface area contributed by atoms with Gasteiger partial charge >= 0.3 is 0 Å². The van der Waals surface area contributed by atoms with Gasteiger partial charge in [0.05, 0.1) is 0 Å². The summed E-state index contributed by atoms with van der Waals surface area (Å²) < 4.78 is 0. The van der Waals surface area contributed by atoms with Crippen molar-refractivity contribution in [2.75, 3.05) is 18.4 Å². The molecule has 0 bridgehead atoms. The van der Waals surface area contributed by atoms with Gasteiger partial charge in [0.2, 0.25) is 0 Å². The zero-order valence-electron chi connectivity index (χ0n) is 9.64. The topological polar surface area (TPSA) is 3.24 Å². The predicted molar refractivity (Wildman–Crippen MR) is 67.1 cm³/mol. The van der Waals surface area contributed by atoms with Crippen LogP contribution in [0.2, 0.25) is 0 Å². The van der Waals surface area contributed by atoms with Crippen molar-refractivity contribution in [3.63, 3.8) is 0 Å². The van der Waals surface area contributed by atoms with Crippen molar-refractivity contribution in [2.45, 2.75) is 52.0 Å². The fourth-order valence-electron chi connectivity index (χ4n) is 2.11. The first-order valence-corrected chi connectivity index (χ1v) is 7.23. The lowest BCUT2D eigenvalue weighted by Crippen LogP contribution is -2.32. The highest BCUT2D eigenvalue weighted by Gasteiger charge is 2.29. The molecule has 0 heterocycles. The second kappa shape index (κ2) is 6.84. The fraction of sp³-hybridized carbons (Fsp3) is 1.00. The van der Waals surface area contributed by atoms with Crippen LogP contribution in [0.4, 0.5) is 0 Å². The first-order chi connectivity index (χ1) is 6.81. The van der Waals surface area contributed by atoms with Crippen LogP contribution >= 0.6 is 15.9 Å². The minimum absolute atomic E-state index is 0.868. The van der Waals surface area contributed by atoms with Crippen LogP contribution in [-0.4, -0.2) is 29.4 Å². The van der Waals surface area contributed by atoms with Crippen LogP contribution in [0.3, 0.4) is 0 Å². The van der Waals surface area contributed by atoms with Crippen molar-refractivity contribution in [2.24, 2.45) is 5.92 Å². The largest absolute Gasteiger partial charge is 0.300 e. The lowest BCUT2D eigenvalue weighted by atomic mass is 10.1. The minimum Gasteiger partial charge on any atom is -0.300 e. The number of rotatable bonds is 8. The molecule has 0 spiro atoms. The van der Waals surface area contributed by atoms with E-state index in [1.54, 1.807) is 0 Å². The second-order valence-electron chi connectivity index (χ2n) is 4.54. The van der Waals surface area contributed by atoms with Gasteiger partial charge in [0.15, 0.2) is 0 Å². The molecule has 0 N–H and O–H groups in total. The summed E-state index contributed by atoms with van der Waals surface area (Å²) in [5, 5.41) is 1.17. The van der Waals surface area contributed by atoms with Crippen LogP contribution in [0.15, 0.2) is 0 Å². The molecule has 1 nitrogen and oxygen atoms in total. The minimum atomic E-state index is 0.868. The van der Waals surface area contributed by atoms with Crippen molar-refractivity contribution in [1.29, 1.82) is 0 Å². The summed E-state index contributed by atoms with van der Waals surface area (Å²) in [5.74, 6) is 0.868. The van der Waals surface area contributed by atoms with Gasteiger partial charge in [0.1, 0.15) is 0 Å². The van der Waals surface area contributed by atoms with Crippen molar-refractivity contribution in [1.82, 2.24) is 4.90 Å². The third-order valence-corrected chi connectivity index (χ3v) is 3.90. The molecule has 84 valence electrons. The molecule has 0 aromatic carbocycles. The molecular formula is C12H24BrN. The maximum absolute atomic E-state index is 3.64. The van der Waals surface area contributed by atoms with Gasteiger partial charge in [0.25, 0.3) is 0 Å². The van der Waals surface area contributed by atoms with E-state index in [1.165, 1.54) is 50.5 Å². The van der Waals surface area contributed by atoms with Gasteiger partial charge in [0, 0.05) is 17.9 Å². The Morgan fingerprint density at radius 1 is 1.29 bits per heavy atom. The van der Waals surface area contributed by atoms with Crippen LogP contribution in [0.1, 0.15) is 46.0 Å². The van der Waals surface area contributed by atoms with E-state index in [4.69, 9.17) is 0 Å². The summed E-state index contributed by atoms with van der Waals surface area (Å²) in [6, 6.07) is 0.938. The van der Waals surface area contributed by atoms with Gasteiger partial charge in [-0.15, -0.1) is 0 Å². The van der Waals surface area contributed by atoms with Gasteiger partial charge in [-0.2, -0.15) is 0 Å². The molecule has 1 rings (SSSR count). The Balaban J connectivity index is 2.27. The lowest BCUT2D eigenvalue weighted by Gasteiger charge is -2.26. The summed E-state index contributed by atoms with van der Waals surface area (Å²) in [5.41, 5.74) is 0. The number of nitrogens with zero attached hydrogens (tertiary/aromatic N) is 1. The maximum Gasteiger partial charge on any atom is 0.00965 e. The highest BCUT2D eigenvalue weighted by molar-refractivity contribution is 9.09. The molecule has 0 saturated heterocycles. The fourth-order valence-corrected chi connectivity index (χ4v) is 2.64. The summed E-state index contributed by atoms with van der Waals surface area (Å²) in [6.07, 6.45) is 6.89. The average molecular weight is 262 g/mol. The highest BCUT2D eigenvalue weighted by Crippen LogP contribution is 2.28. The summed E-state index contributed by atoms with van der Waals surface area (Å²) >= 11 is 3.64. The first-order valence-electron chi connectivity index (χ1n) is 6.11. The average Bonchev–Trinajstić information content (AvgIpc) is 2.99. The highest BCUT2D eigenvalue weighted by atomic mass is 79.9. The van der Waals surface area contributed by atoms with Gasteiger partial charge in [-0.3, -0.25) is 0 Å². The van der Waals surface area contributed by atoms with Crippen LogP contribution in [0, 0.1) is 5.92 Å². The van der Waals surface area contributed by atoms with E-state index >= 15 is 0 Å². The zero-order chi connectivity index (χ0) is 10.4. The maximum atomic E-state index is 3.64. The lowest BCUT2D eigenvalue weighted by molar-refractivity contribution is 0.225. The molecule has 0 amide bonds. The molecule has 0 aromatic heterocycles. The standard InChI is InChI=1S/C12H24BrN/c1-3-5-11(9-13)10-14(8-4-2)12-6-7-12/h11-12H,3-10H2,1-2H3. The molecule has 0 aromatic rings. The van der Waals surface area contributed by atoms with E-state index in [9.17, 15) is 0 Å². The Hall–Kier alpha value is 0.440. The SMILES string of the molecule is CCCC(CBr)CN(CCC)C1CC1.